The quantitative estimate of drug-likeness (QED) is 0.869. The molecule has 5 heteroatoms. The van der Waals surface area contributed by atoms with E-state index in [-0.39, 0.29) is 11.1 Å². The summed E-state index contributed by atoms with van der Waals surface area (Å²) in [6.45, 7) is 4.52. The summed E-state index contributed by atoms with van der Waals surface area (Å²) in [7, 11) is 0. The molecule has 1 unspecified atom stereocenters. The van der Waals surface area contributed by atoms with Gasteiger partial charge >= 0.3 is 5.97 Å². The maximum Gasteiger partial charge on any atom is 0.355 e. The van der Waals surface area contributed by atoms with Gasteiger partial charge in [-0.25, -0.2) is 9.78 Å². The van der Waals surface area contributed by atoms with Crippen LogP contribution in [0.4, 0.5) is 5.13 Å². The van der Waals surface area contributed by atoms with Crippen LogP contribution in [0.3, 0.4) is 0 Å². The summed E-state index contributed by atoms with van der Waals surface area (Å²) in [6, 6.07) is 0.393. The van der Waals surface area contributed by atoms with E-state index in [1.807, 2.05) is 0 Å². The molecule has 1 fully saturated rings. The molecule has 1 aliphatic rings. The van der Waals surface area contributed by atoms with E-state index >= 15 is 0 Å². The van der Waals surface area contributed by atoms with Crippen molar-refractivity contribution in [3.8, 4) is 0 Å². The second-order valence-electron chi connectivity index (χ2n) is 5.27. The van der Waals surface area contributed by atoms with E-state index in [1.165, 1.54) is 30.6 Å². The molecular formula is C12H18N2O2S. The summed E-state index contributed by atoms with van der Waals surface area (Å²) in [5, 5.41) is 14.5. The fourth-order valence-electron chi connectivity index (χ4n) is 2.35. The number of anilines is 1. The van der Waals surface area contributed by atoms with Gasteiger partial charge in [0.1, 0.15) is 0 Å². The Morgan fingerprint density at radius 1 is 1.59 bits per heavy atom. The summed E-state index contributed by atoms with van der Waals surface area (Å²) in [5.74, 6) is -0.961. The lowest BCUT2D eigenvalue weighted by Gasteiger charge is -2.38. The highest BCUT2D eigenvalue weighted by Crippen LogP contribution is 2.37. The van der Waals surface area contributed by atoms with E-state index in [0.717, 1.165) is 11.6 Å². The summed E-state index contributed by atoms with van der Waals surface area (Å²) < 4.78 is 0. The fourth-order valence-corrected chi connectivity index (χ4v) is 3.09. The summed E-state index contributed by atoms with van der Waals surface area (Å²) in [4.78, 5) is 14.8. The van der Waals surface area contributed by atoms with Crippen molar-refractivity contribution in [1.29, 1.82) is 0 Å². The number of carboxylic acids is 1. The lowest BCUT2D eigenvalue weighted by atomic mass is 9.73. The first-order chi connectivity index (χ1) is 7.99. The number of thiazole rings is 1. The number of hydrogen-bond donors (Lipinski definition) is 2. The Labute approximate surface area is 105 Å². The molecule has 1 heterocycles. The molecule has 1 saturated carbocycles. The Kier molecular flexibility index (Phi) is 3.38. The molecule has 4 nitrogen and oxygen atoms in total. The maximum absolute atomic E-state index is 10.8. The van der Waals surface area contributed by atoms with Gasteiger partial charge < -0.3 is 10.4 Å². The molecule has 1 aromatic heterocycles. The van der Waals surface area contributed by atoms with Crippen molar-refractivity contribution in [2.45, 2.75) is 45.6 Å². The van der Waals surface area contributed by atoms with E-state index in [9.17, 15) is 4.79 Å². The third-order valence-electron chi connectivity index (χ3n) is 3.53. The largest absolute Gasteiger partial charge is 0.476 e. The first-order valence-electron chi connectivity index (χ1n) is 5.94. The van der Waals surface area contributed by atoms with Crippen molar-refractivity contribution in [3.63, 3.8) is 0 Å². The van der Waals surface area contributed by atoms with Crippen molar-refractivity contribution in [2.75, 3.05) is 5.32 Å². The Hall–Kier alpha value is -1.10. The van der Waals surface area contributed by atoms with Crippen molar-refractivity contribution in [3.05, 3.63) is 11.1 Å². The van der Waals surface area contributed by atoms with E-state index in [4.69, 9.17) is 5.11 Å². The zero-order valence-corrected chi connectivity index (χ0v) is 11.0. The molecule has 17 heavy (non-hydrogen) atoms. The number of aromatic nitrogens is 1. The molecule has 0 aromatic carbocycles. The number of carbonyl (C=O) groups is 1. The smallest absolute Gasteiger partial charge is 0.355 e. The third kappa shape index (κ3) is 2.77. The van der Waals surface area contributed by atoms with E-state index in [0.29, 0.717) is 6.04 Å². The summed E-state index contributed by atoms with van der Waals surface area (Å²) >= 11 is 1.37. The van der Waals surface area contributed by atoms with Gasteiger partial charge in [-0.2, -0.15) is 0 Å². The second-order valence-corrected chi connectivity index (χ2v) is 6.13. The average molecular weight is 254 g/mol. The molecule has 1 aromatic rings. The van der Waals surface area contributed by atoms with Crippen molar-refractivity contribution < 1.29 is 9.90 Å². The lowest BCUT2D eigenvalue weighted by Crippen LogP contribution is -2.38. The highest BCUT2D eigenvalue weighted by Gasteiger charge is 2.32. The molecule has 0 spiro atoms. The number of nitrogens with zero attached hydrogens (tertiary/aromatic N) is 1. The monoisotopic (exact) mass is 254 g/mol. The van der Waals surface area contributed by atoms with Crippen LogP contribution in [0.1, 0.15) is 50.0 Å². The second kappa shape index (κ2) is 4.64. The van der Waals surface area contributed by atoms with Gasteiger partial charge in [-0.3, -0.25) is 0 Å². The standard InChI is InChI=1S/C12H18N2O2S/c1-12(2)6-4-3-5-9(12)14-11-13-8(7-17-11)10(15)16/h7,9H,3-6H2,1-2H3,(H,13,14)(H,15,16). The minimum absolute atomic E-state index is 0.131. The highest BCUT2D eigenvalue weighted by atomic mass is 32.1. The van der Waals surface area contributed by atoms with Crippen LogP contribution in [0.2, 0.25) is 0 Å². The van der Waals surface area contributed by atoms with E-state index in [1.54, 1.807) is 5.38 Å². The number of rotatable bonds is 3. The lowest BCUT2D eigenvalue weighted by molar-refractivity contribution is 0.0691. The molecule has 0 saturated heterocycles. The molecule has 0 radical (unpaired) electrons. The predicted octanol–water partition coefficient (Wildman–Crippen LogP) is 3.22. The van der Waals surface area contributed by atoms with Crippen molar-refractivity contribution in [1.82, 2.24) is 4.98 Å². The Bertz CT molecular complexity index is 414. The maximum atomic E-state index is 10.8. The Balaban J connectivity index is 2.06. The Morgan fingerprint density at radius 2 is 2.35 bits per heavy atom. The molecule has 1 aliphatic carbocycles. The third-order valence-corrected chi connectivity index (χ3v) is 4.30. The normalized spacial score (nSPS) is 23.3. The molecule has 2 N–H and O–H groups in total. The molecule has 0 aliphatic heterocycles. The van der Waals surface area contributed by atoms with Crippen LogP contribution in [0.25, 0.3) is 0 Å². The minimum atomic E-state index is -0.961. The average Bonchev–Trinajstić information content (AvgIpc) is 2.70. The first kappa shape index (κ1) is 12.4. The van der Waals surface area contributed by atoms with Gasteiger partial charge in [0.25, 0.3) is 0 Å². The van der Waals surface area contributed by atoms with E-state index in [2.05, 4.69) is 24.1 Å². The number of hydrogen-bond acceptors (Lipinski definition) is 4. The number of carboxylic acid groups (broad SMARTS) is 1. The molecule has 1 atom stereocenters. The van der Waals surface area contributed by atoms with E-state index < -0.39 is 5.97 Å². The van der Waals surface area contributed by atoms with Gasteiger partial charge in [-0.15, -0.1) is 11.3 Å². The van der Waals surface area contributed by atoms with Gasteiger partial charge in [-0.1, -0.05) is 26.7 Å². The molecule has 94 valence electrons. The van der Waals surface area contributed by atoms with Crippen LogP contribution < -0.4 is 5.32 Å². The summed E-state index contributed by atoms with van der Waals surface area (Å²) in [5.41, 5.74) is 0.388. The zero-order valence-electron chi connectivity index (χ0n) is 10.2. The predicted molar refractivity (Wildman–Crippen MR) is 68.7 cm³/mol. The highest BCUT2D eigenvalue weighted by molar-refractivity contribution is 7.13. The Morgan fingerprint density at radius 3 is 2.94 bits per heavy atom. The molecular weight excluding hydrogens is 236 g/mol. The van der Waals surface area contributed by atoms with Crippen LogP contribution in [0.15, 0.2) is 5.38 Å². The van der Waals surface area contributed by atoms with Crippen LogP contribution in [0, 0.1) is 5.41 Å². The SMILES string of the molecule is CC1(C)CCCCC1Nc1nc(C(=O)O)cs1. The van der Waals surface area contributed by atoms with Gasteiger partial charge in [-0.05, 0) is 18.3 Å². The molecule has 2 rings (SSSR count). The van der Waals surface area contributed by atoms with Gasteiger partial charge in [0.15, 0.2) is 10.8 Å². The van der Waals surface area contributed by atoms with Gasteiger partial charge in [0, 0.05) is 11.4 Å². The van der Waals surface area contributed by atoms with Crippen LogP contribution in [-0.2, 0) is 0 Å². The minimum Gasteiger partial charge on any atom is -0.476 e. The van der Waals surface area contributed by atoms with Gasteiger partial charge in [0.05, 0.1) is 0 Å². The molecule has 0 amide bonds. The van der Waals surface area contributed by atoms with Crippen LogP contribution in [-0.4, -0.2) is 22.1 Å². The number of aromatic carboxylic acids is 1. The van der Waals surface area contributed by atoms with Crippen molar-refractivity contribution in [2.24, 2.45) is 5.41 Å². The fraction of sp³-hybridized carbons (Fsp3) is 0.667. The zero-order chi connectivity index (χ0) is 12.5. The summed E-state index contributed by atoms with van der Waals surface area (Å²) in [6.07, 6.45) is 4.86. The topological polar surface area (TPSA) is 62.2 Å². The van der Waals surface area contributed by atoms with Crippen LogP contribution in [0.5, 0.6) is 0 Å². The van der Waals surface area contributed by atoms with Crippen LogP contribution >= 0.6 is 11.3 Å². The van der Waals surface area contributed by atoms with Crippen molar-refractivity contribution >= 4 is 22.4 Å². The number of nitrogens with one attached hydrogen (secondary N) is 1. The first-order valence-corrected chi connectivity index (χ1v) is 6.82. The van der Waals surface area contributed by atoms with Gasteiger partial charge in [0.2, 0.25) is 0 Å². The molecule has 0 bridgehead atoms.